The Morgan fingerprint density at radius 1 is 1.35 bits per heavy atom. The number of rotatable bonds is 7. The van der Waals surface area contributed by atoms with Crippen LogP contribution in [-0.4, -0.2) is 42.0 Å². The second-order valence-electron chi connectivity index (χ2n) is 4.41. The zero-order chi connectivity index (χ0) is 15.1. The van der Waals surface area contributed by atoms with Gasteiger partial charge in [0.2, 0.25) is 5.91 Å². The van der Waals surface area contributed by atoms with Gasteiger partial charge in [-0.05, 0) is 38.2 Å². The van der Waals surface area contributed by atoms with E-state index < -0.39 is 5.97 Å². The van der Waals surface area contributed by atoms with Crippen LogP contribution in [0.1, 0.15) is 12.8 Å². The second-order valence-corrected chi connectivity index (χ2v) is 5.25. The molecule has 2 N–H and O–H groups in total. The van der Waals surface area contributed by atoms with Crippen molar-refractivity contribution >= 4 is 40.8 Å². The van der Waals surface area contributed by atoms with Crippen LogP contribution >= 0.6 is 23.2 Å². The molecule has 0 unspecified atom stereocenters. The lowest BCUT2D eigenvalue weighted by Gasteiger charge is -2.16. The summed E-state index contributed by atoms with van der Waals surface area (Å²) in [5.74, 6) is -1.07. The van der Waals surface area contributed by atoms with Gasteiger partial charge in [-0.25, -0.2) is 0 Å². The standard InChI is InChI=1S/C13H16Cl2N2O3/c1-17(6-2-3-13(19)20)8-12(18)16-11-7-9(14)4-5-10(11)15/h4-5,7H,2-3,6,8H2,1H3,(H,16,18)(H,19,20). The molecule has 0 aliphatic heterocycles. The molecule has 1 rings (SSSR count). The molecular formula is C13H16Cl2N2O3. The number of nitrogens with zero attached hydrogens (tertiary/aromatic N) is 1. The van der Waals surface area contributed by atoms with Crippen LogP contribution in [0, 0.1) is 0 Å². The van der Waals surface area contributed by atoms with Gasteiger partial charge >= 0.3 is 5.97 Å². The molecule has 5 nitrogen and oxygen atoms in total. The quantitative estimate of drug-likeness (QED) is 0.811. The summed E-state index contributed by atoms with van der Waals surface area (Å²) in [5.41, 5.74) is 0.461. The maximum atomic E-state index is 11.8. The predicted molar refractivity (Wildman–Crippen MR) is 79.5 cm³/mol. The van der Waals surface area contributed by atoms with E-state index in [4.69, 9.17) is 28.3 Å². The smallest absolute Gasteiger partial charge is 0.303 e. The van der Waals surface area contributed by atoms with Crippen LogP contribution < -0.4 is 5.32 Å². The van der Waals surface area contributed by atoms with Gasteiger partial charge in [0.25, 0.3) is 0 Å². The molecule has 1 aromatic rings. The molecule has 0 radical (unpaired) electrons. The highest BCUT2D eigenvalue weighted by molar-refractivity contribution is 6.35. The lowest BCUT2D eigenvalue weighted by Crippen LogP contribution is -2.31. The molecule has 110 valence electrons. The van der Waals surface area contributed by atoms with Crippen molar-refractivity contribution in [3.05, 3.63) is 28.2 Å². The van der Waals surface area contributed by atoms with Gasteiger partial charge in [-0.3, -0.25) is 14.5 Å². The van der Waals surface area contributed by atoms with E-state index in [2.05, 4.69) is 5.32 Å². The summed E-state index contributed by atoms with van der Waals surface area (Å²) in [6.45, 7) is 0.686. The molecular weight excluding hydrogens is 303 g/mol. The molecule has 0 saturated carbocycles. The van der Waals surface area contributed by atoms with Crippen molar-refractivity contribution in [1.82, 2.24) is 4.90 Å². The third-order valence-corrected chi connectivity index (χ3v) is 3.11. The van der Waals surface area contributed by atoms with E-state index in [1.54, 1.807) is 30.1 Å². The fourth-order valence-electron chi connectivity index (χ4n) is 1.61. The summed E-state index contributed by atoms with van der Waals surface area (Å²) in [6, 6.07) is 4.82. The molecule has 0 aliphatic rings. The highest BCUT2D eigenvalue weighted by atomic mass is 35.5. The number of hydrogen-bond donors (Lipinski definition) is 2. The van der Waals surface area contributed by atoms with Crippen molar-refractivity contribution < 1.29 is 14.7 Å². The maximum Gasteiger partial charge on any atom is 0.303 e. The molecule has 0 bridgehead atoms. The monoisotopic (exact) mass is 318 g/mol. The van der Waals surface area contributed by atoms with Gasteiger partial charge in [0.15, 0.2) is 0 Å². The second kappa shape index (κ2) is 8.09. The van der Waals surface area contributed by atoms with Gasteiger partial charge in [0.05, 0.1) is 17.3 Å². The van der Waals surface area contributed by atoms with E-state index >= 15 is 0 Å². The molecule has 0 fully saturated rings. The average Bonchev–Trinajstić information content (AvgIpc) is 2.33. The number of carbonyl (C=O) groups is 2. The summed E-state index contributed by atoms with van der Waals surface area (Å²) < 4.78 is 0. The van der Waals surface area contributed by atoms with E-state index in [9.17, 15) is 9.59 Å². The fraction of sp³-hybridized carbons (Fsp3) is 0.385. The maximum absolute atomic E-state index is 11.8. The molecule has 1 aromatic carbocycles. The third-order valence-electron chi connectivity index (χ3n) is 2.55. The first-order valence-electron chi connectivity index (χ1n) is 6.03. The lowest BCUT2D eigenvalue weighted by molar-refractivity contribution is -0.137. The number of nitrogens with one attached hydrogen (secondary N) is 1. The molecule has 0 spiro atoms. The number of halogens is 2. The Labute approximate surface area is 127 Å². The number of benzene rings is 1. The number of likely N-dealkylation sites (N-methyl/N-ethyl adjacent to an activating group) is 1. The van der Waals surface area contributed by atoms with Crippen molar-refractivity contribution in [3.8, 4) is 0 Å². The number of carboxylic acid groups (broad SMARTS) is 1. The predicted octanol–water partition coefficient (Wildman–Crippen LogP) is 2.73. The Morgan fingerprint density at radius 3 is 2.70 bits per heavy atom. The Bertz CT molecular complexity index is 495. The molecule has 0 aromatic heterocycles. The van der Waals surface area contributed by atoms with Crippen LogP contribution in [0.2, 0.25) is 10.0 Å². The number of aliphatic carboxylic acids is 1. The number of anilines is 1. The van der Waals surface area contributed by atoms with Gasteiger partial charge in [0.1, 0.15) is 0 Å². The number of carbonyl (C=O) groups excluding carboxylic acids is 1. The molecule has 0 saturated heterocycles. The molecule has 0 aliphatic carbocycles. The Balaban J connectivity index is 2.43. The van der Waals surface area contributed by atoms with Crippen molar-refractivity contribution in [2.75, 3.05) is 25.5 Å². The minimum absolute atomic E-state index is 0.0894. The summed E-state index contributed by atoms with van der Waals surface area (Å²) in [7, 11) is 1.75. The minimum Gasteiger partial charge on any atom is -0.481 e. The molecule has 7 heteroatoms. The van der Waals surface area contributed by atoms with E-state index in [0.29, 0.717) is 28.7 Å². The number of hydrogen-bond acceptors (Lipinski definition) is 3. The van der Waals surface area contributed by atoms with Gasteiger partial charge < -0.3 is 10.4 Å². The van der Waals surface area contributed by atoms with E-state index in [-0.39, 0.29) is 18.9 Å². The summed E-state index contributed by atoms with van der Waals surface area (Å²) in [6.07, 6.45) is 0.586. The summed E-state index contributed by atoms with van der Waals surface area (Å²) >= 11 is 11.8. The highest BCUT2D eigenvalue weighted by Gasteiger charge is 2.10. The van der Waals surface area contributed by atoms with Gasteiger partial charge in [-0.2, -0.15) is 0 Å². The zero-order valence-corrected chi connectivity index (χ0v) is 12.5. The van der Waals surface area contributed by atoms with E-state index in [1.807, 2.05) is 0 Å². The fourth-order valence-corrected chi connectivity index (χ4v) is 1.94. The van der Waals surface area contributed by atoms with Gasteiger partial charge in [-0.15, -0.1) is 0 Å². The van der Waals surface area contributed by atoms with E-state index in [0.717, 1.165) is 0 Å². The van der Waals surface area contributed by atoms with Crippen LogP contribution in [0.4, 0.5) is 5.69 Å². The first-order valence-corrected chi connectivity index (χ1v) is 6.79. The zero-order valence-electron chi connectivity index (χ0n) is 11.0. The Hall–Kier alpha value is -1.30. The largest absolute Gasteiger partial charge is 0.481 e. The molecule has 1 amide bonds. The van der Waals surface area contributed by atoms with Crippen LogP contribution in [0.5, 0.6) is 0 Å². The first kappa shape index (κ1) is 16.8. The Kier molecular flexibility index (Phi) is 6.78. The lowest BCUT2D eigenvalue weighted by atomic mass is 10.3. The van der Waals surface area contributed by atoms with Crippen molar-refractivity contribution in [3.63, 3.8) is 0 Å². The molecule has 0 heterocycles. The van der Waals surface area contributed by atoms with Crippen LogP contribution in [0.15, 0.2) is 18.2 Å². The van der Waals surface area contributed by atoms with Crippen LogP contribution in [0.3, 0.4) is 0 Å². The third kappa shape index (κ3) is 6.23. The summed E-state index contributed by atoms with van der Waals surface area (Å²) in [5, 5.41) is 12.1. The van der Waals surface area contributed by atoms with Gasteiger partial charge in [-0.1, -0.05) is 23.2 Å². The topological polar surface area (TPSA) is 69.6 Å². The van der Waals surface area contributed by atoms with Gasteiger partial charge in [0, 0.05) is 11.4 Å². The van der Waals surface area contributed by atoms with Crippen molar-refractivity contribution in [2.24, 2.45) is 0 Å². The highest BCUT2D eigenvalue weighted by Crippen LogP contribution is 2.25. The normalized spacial score (nSPS) is 10.6. The van der Waals surface area contributed by atoms with Crippen molar-refractivity contribution in [2.45, 2.75) is 12.8 Å². The number of carboxylic acids is 1. The average molecular weight is 319 g/mol. The molecule has 20 heavy (non-hydrogen) atoms. The number of amides is 1. The van der Waals surface area contributed by atoms with Crippen molar-refractivity contribution in [1.29, 1.82) is 0 Å². The SMILES string of the molecule is CN(CCCC(=O)O)CC(=O)Nc1cc(Cl)ccc1Cl. The first-order chi connectivity index (χ1) is 9.38. The van der Waals surface area contributed by atoms with E-state index in [1.165, 1.54) is 0 Å². The van der Waals surface area contributed by atoms with Crippen LogP contribution in [-0.2, 0) is 9.59 Å². The van der Waals surface area contributed by atoms with Crippen LogP contribution in [0.25, 0.3) is 0 Å². The Morgan fingerprint density at radius 2 is 2.05 bits per heavy atom. The molecule has 0 atom stereocenters. The summed E-state index contributed by atoms with van der Waals surface area (Å²) in [4.78, 5) is 23.9. The minimum atomic E-state index is -0.839.